The van der Waals surface area contributed by atoms with Crippen LogP contribution in [0.1, 0.15) is 32.8 Å². The van der Waals surface area contributed by atoms with Crippen molar-refractivity contribution in [3.63, 3.8) is 0 Å². The normalized spacial score (nSPS) is 18.9. The maximum absolute atomic E-state index is 14.0. The lowest BCUT2D eigenvalue weighted by Gasteiger charge is -2.21. The van der Waals surface area contributed by atoms with Crippen molar-refractivity contribution in [1.29, 1.82) is 0 Å². The number of ether oxygens (including phenoxy) is 1. The van der Waals surface area contributed by atoms with Crippen molar-refractivity contribution in [1.82, 2.24) is 0 Å². The first-order valence-corrected chi connectivity index (χ1v) is 7.81. The van der Waals surface area contributed by atoms with Crippen LogP contribution in [0.3, 0.4) is 0 Å². The van der Waals surface area contributed by atoms with E-state index in [-0.39, 0.29) is 0 Å². The molecule has 0 aromatic heterocycles. The first-order chi connectivity index (χ1) is 8.79. The number of fused-ring (bicyclic) bond motifs is 1. The van der Waals surface area contributed by atoms with E-state index in [1.54, 1.807) is 6.07 Å². The average molecular weight is 348 g/mol. The Bertz CT molecular complexity index is 566. The number of hydrogen-bond donors (Lipinski definition) is 0. The maximum Gasteiger partial charge on any atom is 0.145 e. The Kier molecular flexibility index (Phi) is 4.11. The lowest BCUT2D eigenvalue weighted by atomic mass is 10.0. The minimum atomic E-state index is -1.40. The van der Waals surface area contributed by atoms with E-state index in [0.717, 1.165) is 0 Å². The van der Waals surface area contributed by atoms with Crippen LogP contribution in [-0.4, -0.2) is 21.3 Å². The Hall–Kier alpha value is -0.750. The third-order valence-corrected chi connectivity index (χ3v) is 4.51. The largest absolute Gasteiger partial charge is 0.492 e. The summed E-state index contributed by atoms with van der Waals surface area (Å²) in [5.74, 6) is 0.0384. The van der Waals surface area contributed by atoms with Crippen molar-refractivity contribution in [3.05, 3.63) is 28.0 Å². The molecular weight excluding hydrogens is 333 g/mol. The summed E-state index contributed by atoms with van der Waals surface area (Å²) in [6.07, 6.45) is 0.466. The summed E-state index contributed by atoms with van der Waals surface area (Å²) in [5.41, 5.74) is 0.839. The van der Waals surface area contributed by atoms with Gasteiger partial charge in [-0.3, -0.25) is 0 Å². The van der Waals surface area contributed by atoms with Crippen LogP contribution in [0.25, 0.3) is 0 Å². The number of rotatable bonds is 1. The molecule has 6 heteroatoms. The van der Waals surface area contributed by atoms with E-state index in [9.17, 15) is 8.60 Å². The zero-order chi connectivity index (χ0) is 14.2. The molecule has 0 unspecified atom stereocenters. The van der Waals surface area contributed by atoms with Crippen LogP contribution in [0.5, 0.6) is 5.75 Å². The van der Waals surface area contributed by atoms with Crippen molar-refractivity contribution < 1.29 is 13.3 Å². The molecule has 0 amide bonds. The first-order valence-electron chi connectivity index (χ1n) is 5.91. The molecule has 0 N–H and O–H groups in total. The van der Waals surface area contributed by atoms with Crippen molar-refractivity contribution >= 4 is 32.6 Å². The Labute approximate surface area is 123 Å². The first kappa shape index (κ1) is 14.7. The number of benzene rings is 1. The summed E-state index contributed by atoms with van der Waals surface area (Å²) in [6.45, 7) is 5.94. The Morgan fingerprint density at radius 1 is 1.42 bits per heavy atom. The van der Waals surface area contributed by atoms with E-state index in [0.29, 0.717) is 34.5 Å². The highest BCUT2D eigenvalue weighted by Crippen LogP contribution is 2.32. The summed E-state index contributed by atoms with van der Waals surface area (Å²) in [7, 11) is -1.40. The van der Waals surface area contributed by atoms with Gasteiger partial charge < -0.3 is 4.74 Å². The van der Waals surface area contributed by atoms with Crippen molar-refractivity contribution in [3.8, 4) is 5.75 Å². The van der Waals surface area contributed by atoms with Gasteiger partial charge in [-0.1, -0.05) is 15.9 Å². The fourth-order valence-electron chi connectivity index (χ4n) is 1.65. The lowest BCUT2D eigenvalue weighted by Crippen LogP contribution is -2.24. The molecule has 1 aromatic carbocycles. The predicted octanol–water partition coefficient (Wildman–Crippen LogP) is 3.62. The fourth-order valence-corrected chi connectivity index (χ4v) is 2.72. The minimum absolute atomic E-state index is 0.326. The van der Waals surface area contributed by atoms with Gasteiger partial charge in [0.25, 0.3) is 0 Å². The van der Waals surface area contributed by atoms with Crippen LogP contribution < -0.4 is 4.74 Å². The fraction of sp³-hybridized carbons (Fsp3) is 0.462. The molecule has 1 aliphatic rings. The lowest BCUT2D eigenvalue weighted by molar-refractivity contribution is 0.317. The second-order valence-corrected chi connectivity index (χ2v) is 8.08. The summed E-state index contributed by atoms with van der Waals surface area (Å²) in [4.78, 5) is 0. The highest BCUT2D eigenvalue weighted by atomic mass is 79.9. The molecule has 0 spiro atoms. The molecule has 0 saturated carbocycles. The zero-order valence-corrected chi connectivity index (χ0v) is 13.4. The molecule has 0 radical (unpaired) electrons. The molecule has 2 rings (SSSR count). The van der Waals surface area contributed by atoms with Crippen LogP contribution in [0.2, 0.25) is 0 Å². The van der Waals surface area contributed by atoms with E-state index >= 15 is 0 Å². The van der Waals surface area contributed by atoms with E-state index in [1.807, 2.05) is 20.8 Å². The van der Waals surface area contributed by atoms with Gasteiger partial charge in [0.1, 0.15) is 22.6 Å². The van der Waals surface area contributed by atoms with Gasteiger partial charge in [-0.2, -0.15) is 4.40 Å². The van der Waals surface area contributed by atoms with E-state index in [2.05, 4.69) is 20.3 Å². The van der Waals surface area contributed by atoms with Crippen LogP contribution in [0.4, 0.5) is 4.39 Å². The molecule has 104 valence electrons. The predicted molar refractivity (Wildman–Crippen MR) is 78.6 cm³/mol. The molecule has 1 atom stereocenters. The van der Waals surface area contributed by atoms with Gasteiger partial charge in [-0.15, -0.1) is 0 Å². The van der Waals surface area contributed by atoms with Crippen molar-refractivity contribution in [2.45, 2.75) is 31.9 Å². The molecule has 0 aliphatic carbocycles. The maximum atomic E-state index is 14.0. The highest BCUT2D eigenvalue weighted by molar-refractivity contribution is 9.10. The van der Waals surface area contributed by atoms with Crippen LogP contribution in [0.15, 0.2) is 21.0 Å². The Morgan fingerprint density at radius 2 is 2.11 bits per heavy atom. The molecule has 0 saturated heterocycles. The third kappa shape index (κ3) is 3.23. The topological polar surface area (TPSA) is 38.7 Å². The summed E-state index contributed by atoms with van der Waals surface area (Å²) in [6, 6.07) is 3.07. The van der Waals surface area contributed by atoms with E-state index < -0.39 is 21.5 Å². The van der Waals surface area contributed by atoms with E-state index in [4.69, 9.17) is 4.74 Å². The van der Waals surface area contributed by atoms with Crippen molar-refractivity contribution in [2.24, 2.45) is 4.40 Å². The standard InChI is InChI=1S/C13H15BrFNO2S/c1-13(2,3)19(17)16-10-4-5-18-11-7-8(14)6-9(15)12(10)11/h6-7H,4-5H2,1-3H3/t19-/m1/s1. The van der Waals surface area contributed by atoms with Gasteiger partial charge in [0.2, 0.25) is 0 Å². The molecule has 0 fully saturated rings. The zero-order valence-electron chi connectivity index (χ0n) is 11.0. The molecule has 1 aliphatic heterocycles. The smallest absolute Gasteiger partial charge is 0.145 e. The van der Waals surface area contributed by atoms with Gasteiger partial charge in [0.05, 0.1) is 22.6 Å². The Balaban J connectivity index is 2.49. The summed E-state index contributed by atoms with van der Waals surface area (Å²) < 4.78 is 35.9. The molecule has 0 bridgehead atoms. The van der Waals surface area contributed by atoms with Crippen LogP contribution in [-0.2, 0) is 11.0 Å². The molecule has 1 aromatic rings. The minimum Gasteiger partial charge on any atom is -0.492 e. The molecule has 1 heterocycles. The Morgan fingerprint density at radius 3 is 2.74 bits per heavy atom. The van der Waals surface area contributed by atoms with Gasteiger partial charge in [-0.05, 0) is 32.9 Å². The molecule has 3 nitrogen and oxygen atoms in total. The highest BCUT2D eigenvalue weighted by Gasteiger charge is 2.25. The summed E-state index contributed by atoms with van der Waals surface area (Å²) >= 11 is 3.22. The molecule has 19 heavy (non-hydrogen) atoms. The number of nitrogens with zero attached hydrogens (tertiary/aromatic N) is 1. The number of hydrogen-bond acceptors (Lipinski definition) is 2. The van der Waals surface area contributed by atoms with Gasteiger partial charge in [0.15, 0.2) is 0 Å². The van der Waals surface area contributed by atoms with E-state index in [1.165, 1.54) is 6.07 Å². The van der Waals surface area contributed by atoms with Crippen molar-refractivity contribution in [2.75, 3.05) is 6.61 Å². The quantitative estimate of drug-likeness (QED) is 0.778. The van der Waals surface area contributed by atoms with Gasteiger partial charge in [-0.25, -0.2) is 8.60 Å². The second-order valence-electron chi connectivity index (χ2n) is 5.26. The molecular formula is C13H15BrFNO2S. The van der Waals surface area contributed by atoms with Crippen LogP contribution in [0, 0.1) is 5.82 Å². The second kappa shape index (κ2) is 5.32. The average Bonchev–Trinajstić information content (AvgIpc) is 2.26. The number of halogens is 2. The van der Waals surface area contributed by atoms with Gasteiger partial charge in [0, 0.05) is 10.9 Å². The SMILES string of the molecule is CC(C)(C)[S@@](=O)N=C1CCOc2cc(Br)cc(F)c21. The van der Waals surface area contributed by atoms with Gasteiger partial charge >= 0.3 is 0 Å². The van der Waals surface area contributed by atoms with Crippen LogP contribution >= 0.6 is 15.9 Å². The third-order valence-electron chi connectivity index (χ3n) is 2.62. The monoisotopic (exact) mass is 347 g/mol. The summed E-state index contributed by atoms with van der Waals surface area (Å²) in [5, 5.41) is 0.